The molecule has 12 rings (SSSR count). The summed E-state index contributed by atoms with van der Waals surface area (Å²) in [7, 11) is 0. The van der Waals surface area contributed by atoms with Crippen molar-refractivity contribution in [2.75, 3.05) is 4.90 Å². The van der Waals surface area contributed by atoms with Crippen LogP contribution in [-0.4, -0.2) is 0 Å². The molecule has 11 aromatic rings. The third kappa shape index (κ3) is 6.24. The molecule has 0 heterocycles. The summed E-state index contributed by atoms with van der Waals surface area (Å²) in [6.07, 6.45) is 0. The molecule has 11 aromatic carbocycles. The van der Waals surface area contributed by atoms with Crippen molar-refractivity contribution in [1.82, 2.24) is 0 Å². The van der Waals surface area contributed by atoms with Gasteiger partial charge in [-0.1, -0.05) is 218 Å². The zero-order valence-electron chi connectivity index (χ0n) is 35.3. The molecule has 0 fully saturated rings. The van der Waals surface area contributed by atoms with Crippen LogP contribution in [0.25, 0.3) is 66.1 Å². The van der Waals surface area contributed by atoms with Crippen molar-refractivity contribution in [2.24, 2.45) is 0 Å². The van der Waals surface area contributed by atoms with Gasteiger partial charge in [-0.05, 0) is 131 Å². The van der Waals surface area contributed by atoms with E-state index in [9.17, 15) is 0 Å². The van der Waals surface area contributed by atoms with E-state index in [0.717, 1.165) is 17.1 Å². The average Bonchev–Trinajstić information content (AvgIpc) is 3.68. The van der Waals surface area contributed by atoms with Gasteiger partial charge in [0.05, 0.1) is 5.41 Å². The third-order valence-corrected chi connectivity index (χ3v) is 13.4. The lowest BCUT2D eigenvalue weighted by Crippen LogP contribution is -2.28. The molecule has 0 N–H and O–H groups in total. The molecule has 300 valence electrons. The van der Waals surface area contributed by atoms with Crippen LogP contribution in [0.2, 0.25) is 0 Å². The summed E-state index contributed by atoms with van der Waals surface area (Å²) in [5, 5.41) is 5.08. The van der Waals surface area contributed by atoms with E-state index in [0.29, 0.717) is 0 Å². The summed E-state index contributed by atoms with van der Waals surface area (Å²) in [5.41, 5.74) is 17.6. The largest absolute Gasteiger partial charge is 0.310 e. The van der Waals surface area contributed by atoms with Gasteiger partial charge in [0.25, 0.3) is 0 Å². The van der Waals surface area contributed by atoms with Crippen LogP contribution in [0.15, 0.2) is 261 Å². The molecule has 0 bridgehead atoms. The first-order chi connectivity index (χ1) is 31.7. The monoisotopic (exact) mass is 813 g/mol. The number of nitrogens with zero attached hydrogens (tertiary/aromatic N) is 1. The van der Waals surface area contributed by atoms with Crippen LogP contribution < -0.4 is 4.90 Å². The number of fused-ring (bicyclic) bond motifs is 6. The lowest BCUT2D eigenvalue weighted by atomic mass is 9.67. The van der Waals surface area contributed by atoms with Crippen molar-refractivity contribution >= 4 is 38.6 Å². The van der Waals surface area contributed by atoms with Crippen molar-refractivity contribution in [1.29, 1.82) is 0 Å². The van der Waals surface area contributed by atoms with Crippen LogP contribution in [-0.2, 0) is 5.41 Å². The fourth-order valence-electron chi connectivity index (χ4n) is 10.3. The fraction of sp³-hybridized carbons (Fsp3) is 0.0159. The van der Waals surface area contributed by atoms with Crippen LogP contribution in [0.5, 0.6) is 0 Å². The van der Waals surface area contributed by atoms with E-state index in [1.807, 2.05) is 0 Å². The average molecular weight is 814 g/mol. The summed E-state index contributed by atoms with van der Waals surface area (Å²) in [5.74, 6) is 0. The quantitative estimate of drug-likeness (QED) is 0.138. The Labute approximate surface area is 374 Å². The summed E-state index contributed by atoms with van der Waals surface area (Å²) >= 11 is 0. The standard InChI is InChI=1S/C63H43N/c1-4-14-44(15-5-1)45-24-26-46(27-25-45)47-30-35-54(36-31-47)64(55-37-32-48(33-38-55)50-34-40-58-51(42-50)29-28-49-16-10-11-21-57(49)58)56-39-41-60-59-22-12-13-23-61(59)63(62(60)43-56,52-17-6-2-7-18-52)53-19-8-3-9-20-53/h1-43H. The van der Waals surface area contributed by atoms with Crippen molar-refractivity contribution in [3.05, 3.63) is 283 Å². The van der Waals surface area contributed by atoms with Crippen LogP contribution in [0.3, 0.4) is 0 Å². The Hall–Kier alpha value is -8.26. The fourth-order valence-corrected chi connectivity index (χ4v) is 10.3. The normalized spacial score (nSPS) is 12.5. The van der Waals surface area contributed by atoms with Gasteiger partial charge in [0.1, 0.15) is 0 Å². The highest BCUT2D eigenvalue weighted by Crippen LogP contribution is 2.57. The minimum Gasteiger partial charge on any atom is -0.310 e. The summed E-state index contributed by atoms with van der Waals surface area (Å²) in [4.78, 5) is 2.42. The molecule has 0 spiro atoms. The van der Waals surface area contributed by atoms with E-state index in [4.69, 9.17) is 0 Å². The van der Waals surface area contributed by atoms with Gasteiger partial charge in [0.2, 0.25) is 0 Å². The lowest BCUT2D eigenvalue weighted by molar-refractivity contribution is 0.768. The molecule has 1 nitrogen and oxygen atoms in total. The minimum atomic E-state index is -0.503. The van der Waals surface area contributed by atoms with Gasteiger partial charge in [-0.25, -0.2) is 0 Å². The second-order valence-corrected chi connectivity index (χ2v) is 16.9. The van der Waals surface area contributed by atoms with E-state index >= 15 is 0 Å². The predicted octanol–water partition coefficient (Wildman–Crippen LogP) is 16.8. The molecule has 0 aliphatic heterocycles. The molecule has 1 aliphatic rings. The van der Waals surface area contributed by atoms with Crippen molar-refractivity contribution in [2.45, 2.75) is 5.41 Å². The number of rotatable bonds is 8. The predicted molar refractivity (Wildman–Crippen MR) is 270 cm³/mol. The first-order valence-corrected chi connectivity index (χ1v) is 22.2. The molecule has 0 unspecified atom stereocenters. The minimum absolute atomic E-state index is 0.503. The van der Waals surface area contributed by atoms with Crippen LogP contribution in [0, 0.1) is 0 Å². The Bertz CT molecular complexity index is 3410. The van der Waals surface area contributed by atoms with Crippen molar-refractivity contribution in [3.8, 4) is 44.5 Å². The van der Waals surface area contributed by atoms with E-state index in [1.54, 1.807) is 0 Å². The van der Waals surface area contributed by atoms with E-state index < -0.39 is 5.41 Å². The molecule has 1 aliphatic carbocycles. The third-order valence-electron chi connectivity index (χ3n) is 13.4. The molecule has 1 heteroatoms. The summed E-state index contributed by atoms with van der Waals surface area (Å²) in [6, 6.07) is 95.8. The second kappa shape index (κ2) is 15.6. The van der Waals surface area contributed by atoms with Crippen LogP contribution in [0.4, 0.5) is 17.1 Å². The van der Waals surface area contributed by atoms with Crippen molar-refractivity contribution < 1.29 is 0 Å². The van der Waals surface area contributed by atoms with Gasteiger partial charge in [0, 0.05) is 17.1 Å². The Morgan fingerprint density at radius 2 is 0.688 bits per heavy atom. The highest BCUT2D eigenvalue weighted by atomic mass is 15.1. The Morgan fingerprint density at radius 3 is 1.33 bits per heavy atom. The van der Waals surface area contributed by atoms with Gasteiger partial charge in [-0.3, -0.25) is 0 Å². The smallest absolute Gasteiger partial charge is 0.0714 e. The van der Waals surface area contributed by atoms with E-state index in [-0.39, 0.29) is 0 Å². The summed E-state index contributed by atoms with van der Waals surface area (Å²) < 4.78 is 0. The molecule has 0 radical (unpaired) electrons. The van der Waals surface area contributed by atoms with Gasteiger partial charge in [0.15, 0.2) is 0 Å². The van der Waals surface area contributed by atoms with Gasteiger partial charge < -0.3 is 4.90 Å². The van der Waals surface area contributed by atoms with E-state index in [1.165, 1.54) is 88.3 Å². The van der Waals surface area contributed by atoms with Gasteiger partial charge >= 0.3 is 0 Å². The zero-order valence-corrected chi connectivity index (χ0v) is 35.3. The van der Waals surface area contributed by atoms with E-state index in [2.05, 4.69) is 266 Å². The topological polar surface area (TPSA) is 3.24 Å². The van der Waals surface area contributed by atoms with Gasteiger partial charge in [-0.15, -0.1) is 0 Å². The first-order valence-electron chi connectivity index (χ1n) is 22.2. The Morgan fingerprint density at radius 1 is 0.250 bits per heavy atom. The molecule has 0 atom stereocenters. The summed E-state index contributed by atoms with van der Waals surface area (Å²) in [6.45, 7) is 0. The molecule has 0 saturated heterocycles. The van der Waals surface area contributed by atoms with Crippen molar-refractivity contribution in [3.63, 3.8) is 0 Å². The Balaban J connectivity index is 0.992. The lowest BCUT2D eigenvalue weighted by Gasteiger charge is -2.35. The van der Waals surface area contributed by atoms with Crippen LogP contribution >= 0.6 is 0 Å². The highest BCUT2D eigenvalue weighted by Gasteiger charge is 2.46. The number of hydrogen-bond acceptors (Lipinski definition) is 1. The molecule has 64 heavy (non-hydrogen) atoms. The second-order valence-electron chi connectivity index (χ2n) is 16.9. The number of benzene rings is 11. The first kappa shape index (κ1) is 37.5. The number of hydrogen-bond donors (Lipinski definition) is 0. The maximum Gasteiger partial charge on any atom is 0.0714 e. The molecular weight excluding hydrogens is 771 g/mol. The maximum absolute atomic E-state index is 2.45. The SMILES string of the molecule is c1ccc(-c2ccc(-c3ccc(N(c4ccc(-c5ccc6c(ccc7ccccc76)c5)cc4)c4ccc5c(c4)C(c4ccccc4)(c4ccccc4)c4ccccc4-5)cc3)cc2)cc1. The highest BCUT2D eigenvalue weighted by molar-refractivity contribution is 6.08. The maximum atomic E-state index is 2.45. The van der Waals surface area contributed by atoms with Gasteiger partial charge in [-0.2, -0.15) is 0 Å². The molecule has 0 aromatic heterocycles. The zero-order chi connectivity index (χ0) is 42.5. The number of anilines is 3. The molecular formula is C63H43N. The Kier molecular flexibility index (Phi) is 9.13. The molecule has 0 amide bonds. The molecule has 0 saturated carbocycles. The van der Waals surface area contributed by atoms with Crippen LogP contribution in [0.1, 0.15) is 22.3 Å².